The maximum atomic E-state index is 10.7. The van der Waals surface area contributed by atoms with Gasteiger partial charge in [0.15, 0.2) is 0 Å². The second kappa shape index (κ2) is 6.23. The van der Waals surface area contributed by atoms with E-state index in [0.717, 1.165) is 10.6 Å². The fourth-order valence-corrected chi connectivity index (χ4v) is 1.99. The number of anilines is 1. The van der Waals surface area contributed by atoms with E-state index in [4.69, 9.17) is 10.8 Å². The van der Waals surface area contributed by atoms with Gasteiger partial charge in [0.1, 0.15) is 0 Å². The first kappa shape index (κ1) is 12.6. The van der Waals surface area contributed by atoms with Crippen molar-refractivity contribution >= 4 is 23.4 Å². The second-order valence-electron chi connectivity index (χ2n) is 3.27. The molecule has 0 fully saturated rings. The minimum atomic E-state index is -0.833. The molecular weight excluding hydrogens is 222 g/mol. The van der Waals surface area contributed by atoms with Crippen molar-refractivity contribution in [3.8, 4) is 0 Å². The summed E-state index contributed by atoms with van der Waals surface area (Å²) < 4.78 is 0. The Bertz CT molecular complexity index is 385. The highest BCUT2D eigenvalue weighted by molar-refractivity contribution is 7.99. The topological polar surface area (TPSA) is 63.3 Å². The molecule has 3 N–H and O–H groups in total. The summed E-state index contributed by atoms with van der Waals surface area (Å²) in [6.45, 7) is 1.84. The molecule has 1 aromatic rings. The third kappa shape index (κ3) is 3.98. The second-order valence-corrected chi connectivity index (χ2v) is 4.36. The van der Waals surface area contributed by atoms with Crippen LogP contribution < -0.4 is 5.73 Å². The van der Waals surface area contributed by atoms with Crippen LogP contribution in [0.5, 0.6) is 0 Å². The maximum Gasteiger partial charge on any atom is 0.331 e. The van der Waals surface area contributed by atoms with Gasteiger partial charge in [-0.3, -0.25) is 0 Å². The van der Waals surface area contributed by atoms with Crippen LogP contribution in [-0.4, -0.2) is 16.8 Å². The SMILES string of the molecule is CCC(=CCSc1ccc(N)cc1)C(=O)O. The predicted octanol–water partition coefficient (Wildman–Crippen LogP) is 2.78. The number of aliphatic carboxylic acids is 1. The van der Waals surface area contributed by atoms with Gasteiger partial charge in [-0.2, -0.15) is 0 Å². The summed E-state index contributed by atoms with van der Waals surface area (Å²) in [6.07, 6.45) is 2.31. The minimum absolute atomic E-state index is 0.461. The Labute approximate surface area is 99.4 Å². The molecule has 0 aromatic heterocycles. The highest BCUT2D eigenvalue weighted by Gasteiger charge is 2.02. The Kier molecular flexibility index (Phi) is 4.92. The summed E-state index contributed by atoms with van der Waals surface area (Å²) in [6, 6.07) is 7.54. The number of thioether (sulfide) groups is 1. The van der Waals surface area contributed by atoms with Crippen LogP contribution >= 0.6 is 11.8 Å². The number of rotatable bonds is 5. The zero-order chi connectivity index (χ0) is 12.0. The molecule has 0 aliphatic rings. The fourth-order valence-electron chi connectivity index (χ4n) is 1.19. The normalized spacial score (nSPS) is 11.4. The number of nitrogens with two attached hydrogens (primary N) is 1. The largest absolute Gasteiger partial charge is 0.478 e. The van der Waals surface area contributed by atoms with Crippen molar-refractivity contribution in [1.82, 2.24) is 0 Å². The van der Waals surface area contributed by atoms with Gasteiger partial charge in [-0.15, -0.1) is 11.8 Å². The number of carboxylic acids is 1. The summed E-state index contributed by atoms with van der Waals surface area (Å²) in [5.74, 6) is -0.167. The minimum Gasteiger partial charge on any atom is -0.478 e. The Morgan fingerprint density at radius 1 is 1.44 bits per heavy atom. The molecule has 0 saturated heterocycles. The Hall–Kier alpha value is -1.42. The maximum absolute atomic E-state index is 10.7. The van der Waals surface area contributed by atoms with Crippen molar-refractivity contribution < 1.29 is 9.90 Å². The first-order chi connectivity index (χ1) is 7.63. The van der Waals surface area contributed by atoms with Crippen molar-refractivity contribution in [3.05, 3.63) is 35.9 Å². The van der Waals surface area contributed by atoms with Gasteiger partial charge in [0.05, 0.1) is 0 Å². The van der Waals surface area contributed by atoms with E-state index in [1.165, 1.54) is 0 Å². The smallest absolute Gasteiger partial charge is 0.331 e. The molecule has 0 heterocycles. The molecule has 3 nitrogen and oxygen atoms in total. The molecule has 16 heavy (non-hydrogen) atoms. The molecule has 1 aromatic carbocycles. The summed E-state index contributed by atoms with van der Waals surface area (Å²) >= 11 is 1.59. The summed E-state index contributed by atoms with van der Waals surface area (Å²) in [7, 11) is 0. The lowest BCUT2D eigenvalue weighted by Crippen LogP contribution is -1.99. The van der Waals surface area contributed by atoms with Crippen LogP contribution in [0, 0.1) is 0 Å². The van der Waals surface area contributed by atoms with Gasteiger partial charge in [0.2, 0.25) is 0 Å². The third-order valence-corrected chi connectivity index (χ3v) is 3.05. The van der Waals surface area contributed by atoms with Crippen molar-refractivity contribution in [3.63, 3.8) is 0 Å². The van der Waals surface area contributed by atoms with E-state index in [9.17, 15) is 4.79 Å². The molecular formula is C12H15NO2S. The summed E-state index contributed by atoms with van der Waals surface area (Å²) in [4.78, 5) is 11.8. The molecule has 0 amide bonds. The monoisotopic (exact) mass is 237 g/mol. The lowest BCUT2D eigenvalue weighted by molar-refractivity contribution is -0.132. The number of carboxylic acid groups (broad SMARTS) is 1. The lowest BCUT2D eigenvalue weighted by Gasteiger charge is -2.00. The van der Waals surface area contributed by atoms with Crippen molar-refractivity contribution in [2.75, 3.05) is 11.5 Å². The molecule has 0 atom stereocenters. The van der Waals surface area contributed by atoms with Gasteiger partial charge >= 0.3 is 5.97 Å². The lowest BCUT2D eigenvalue weighted by atomic mass is 10.2. The Morgan fingerprint density at radius 2 is 2.06 bits per heavy atom. The molecule has 0 aliphatic carbocycles. The molecule has 0 aliphatic heterocycles. The van der Waals surface area contributed by atoms with Crippen LogP contribution in [0.15, 0.2) is 40.8 Å². The third-order valence-electron chi connectivity index (χ3n) is 2.12. The molecule has 1 rings (SSSR count). The summed E-state index contributed by atoms with van der Waals surface area (Å²) in [5.41, 5.74) is 6.76. The van der Waals surface area contributed by atoms with Crippen molar-refractivity contribution in [2.24, 2.45) is 0 Å². The van der Waals surface area contributed by atoms with Gasteiger partial charge in [-0.05, 0) is 30.7 Å². The van der Waals surface area contributed by atoms with Crippen molar-refractivity contribution in [1.29, 1.82) is 0 Å². The number of hydrogen-bond acceptors (Lipinski definition) is 3. The van der Waals surface area contributed by atoms with Crippen molar-refractivity contribution in [2.45, 2.75) is 18.2 Å². The molecule has 0 spiro atoms. The highest BCUT2D eigenvalue weighted by Crippen LogP contribution is 2.19. The van der Waals surface area contributed by atoms with E-state index >= 15 is 0 Å². The highest BCUT2D eigenvalue weighted by atomic mass is 32.2. The first-order valence-electron chi connectivity index (χ1n) is 5.04. The molecule has 0 saturated carbocycles. The van der Waals surface area contributed by atoms with E-state index in [1.54, 1.807) is 17.8 Å². The molecule has 0 bridgehead atoms. The zero-order valence-corrected chi connectivity index (χ0v) is 9.96. The van der Waals surface area contributed by atoms with E-state index in [2.05, 4.69) is 0 Å². The number of hydrogen-bond donors (Lipinski definition) is 2. The van der Waals surface area contributed by atoms with E-state index in [-0.39, 0.29) is 0 Å². The van der Waals surface area contributed by atoms with Gasteiger partial charge < -0.3 is 10.8 Å². The number of carbonyl (C=O) groups is 1. The Balaban J connectivity index is 2.52. The quantitative estimate of drug-likeness (QED) is 0.469. The molecule has 4 heteroatoms. The standard InChI is InChI=1S/C12H15NO2S/c1-2-9(12(14)15)7-8-16-11-5-3-10(13)4-6-11/h3-7H,2,8,13H2,1H3,(H,14,15). The Morgan fingerprint density at radius 3 is 2.56 bits per heavy atom. The van der Waals surface area contributed by atoms with Gasteiger partial charge in [-0.25, -0.2) is 4.79 Å². The predicted molar refractivity (Wildman–Crippen MR) is 67.6 cm³/mol. The van der Waals surface area contributed by atoms with Crippen LogP contribution in [0.1, 0.15) is 13.3 Å². The van der Waals surface area contributed by atoms with E-state index in [0.29, 0.717) is 17.7 Å². The van der Waals surface area contributed by atoms with Gasteiger partial charge in [0.25, 0.3) is 0 Å². The fraction of sp³-hybridized carbons (Fsp3) is 0.250. The number of benzene rings is 1. The van der Waals surface area contributed by atoms with Crippen LogP contribution in [0.25, 0.3) is 0 Å². The average molecular weight is 237 g/mol. The molecule has 0 radical (unpaired) electrons. The average Bonchev–Trinajstić information content (AvgIpc) is 2.26. The summed E-state index contributed by atoms with van der Waals surface area (Å²) in [5, 5.41) is 8.81. The first-order valence-corrected chi connectivity index (χ1v) is 6.02. The van der Waals surface area contributed by atoms with E-state index in [1.807, 2.05) is 31.2 Å². The van der Waals surface area contributed by atoms with Crippen LogP contribution in [0.3, 0.4) is 0 Å². The van der Waals surface area contributed by atoms with Crippen LogP contribution in [0.2, 0.25) is 0 Å². The van der Waals surface area contributed by atoms with Gasteiger partial charge in [0, 0.05) is 21.9 Å². The van der Waals surface area contributed by atoms with Crippen LogP contribution in [-0.2, 0) is 4.79 Å². The molecule has 0 unspecified atom stereocenters. The van der Waals surface area contributed by atoms with Gasteiger partial charge in [-0.1, -0.05) is 13.0 Å². The van der Waals surface area contributed by atoms with E-state index < -0.39 is 5.97 Å². The number of nitrogen functional groups attached to an aromatic ring is 1. The zero-order valence-electron chi connectivity index (χ0n) is 9.14. The molecule has 86 valence electrons. The van der Waals surface area contributed by atoms with Crippen LogP contribution in [0.4, 0.5) is 5.69 Å².